The van der Waals surface area contributed by atoms with Crippen LogP contribution in [0.4, 0.5) is 8.78 Å². The highest BCUT2D eigenvalue weighted by molar-refractivity contribution is 5.46. The maximum absolute atomic E-state index is 14.5. The van der Waals surface area contributed by atoms with Gasteiger partial charge in [-0.1, -0.05) is 44.7 Å². The summed E-state index contributed by atoms with van der Waals surface area (Å²) in [7, 11) is 0. The molecule has 4 rings (SSSR count). The van der Waals surface area contributed by atoms with E-state index in [1.54, 1.807) is 11.6 Å². The largest absolute Gasteiger partial charge is 0.207 e. The van der Waals surface area contributed by atoms with E-state index in [4.69, 9.17) is 5.26 Å². The van der Waals surface area contributed by atoms with Crippen molar-refractivity contribution in [3.63, 3.8) is 0 Å². The fourth-order valence-electron chi connectivity index (χ4n) is 5.40. The number of nitriles is 1. The third kappa shape index (κ3) is 4.08. The Morgan fingerprint density at radius 3 is 2.41 bits per heavy atom. The number of rotatable bonds is 5. The first-order valence-electron chi connectivity index (χ1n) is 11.1. The van der Waals surface area contributed by atoms with Gasteiger partial charge in [-0.25, -0.2) is 8.78 Å². The van der Waals surface area contributed by atoms with Crippen molar-refractivity contribution in [3.05, 3.63) is 69.3 Å². The molecule has 2 aromatic carbocycles. The van der Waals surface area contributed by atoms with Crippen molar-refractivity contribution in [2.24, 2.45) is 5.92 Å². The summed E-state index contributed by atoms with van der Waals surface area (Å²) in [4.78, 5) is 0. The van der Waals surface area contributed by atoms with Gasteiger partial charge in [0.1, 0.15) is 17.7 Å². The predicted octanol–water partition coefficient (Wildman–Crippen LogP) is 6.79. The van der Waals surface area contributed by atoms with E-state index < -0.39 is 11.6 Å². The van der Waals surface area contributed by atoms with Gasteiger partial charge in [-0.15, -0.1) is 0 Å². The van der Waals surface area contributed by atoms with Crippen LogP contribution >= 0.6 is 0 Å². The second kappa shape index (κ2) is 8.66. The van der Waals surface area contributed by atoms with Crippen molar-refractivity contribution in [2.45, 2.75) is 77.0 Å². The SMILES string of the molecule is CCCCCC1CCc2c(ccc3c2CCC(c2cc(F)c(C#N)cc2F)C3)C1. The van der Waals surface area contributed by atoms with Gasteiger partial charge in [0.2, 0.25) is 0 Å². The van der Waals surface area contributed by atoms with Crippen molar-refractivity contribution < 1.29 is 8.78 Å². The fourth-order valence-corrected chi connectivity index (χ4v) is 5.40. The van der Waals surface area contributed by atoms with Gasteiger partial charge in [0.25, 0.3) is 0 Å². The third-order valence-corrected chi connectivity index (χ3v) is 7.01. The van der Waals surface area contributed by atoms with E-state index in [-0.39, 0.29) is 11.5 Å². The van der Waals surface area contributed by atoms with E-state index in [2.05, 4.69) is 19.1 Å². The summed E-state index contributed by atoms with van der Waals surface area (Å²) in [6, 6.07) is 8.53. The number of halogens is 2. The molecule has 3 heteroatoms. The highest BCUT2D eigenvalue weighted by atomic mass is 19.1. The van der Waals surface area contributed by atoms with Crippen LogP contribution in [0.15, 0.2) is 24.3 Å². The molecule has 0 amide bonds. The molecule has 0 N–H and O–H groups in total. The predicted molar refractivity (Wildman–Crippen MR) is 112 cm³/mol. The molecule has 0 spiro atoms. The number of hydrogen-bond acceptors (Lipinski definition) is 1. The van der Waals surface area contributed by atoms with Gasteiger partial charge in [-0.2, -0.15) is 5.26 Å². The van der Waals surface area contributed by atoms with Crippen molar-refractivity contribution in [1.82, 2.24) is 0 Å². The zero-order valence-corrected chi connectivity index (χ0v) is 17.2. The van der Waals surface area contributed by atoms with E-state index in [1.165, 1.54) is 67.7 Å². The van der Waals surface area contributed by atoms with Gasteiger partial charge in [0.05, 0.1) is 5.56 Å². The minimum atomic E-state index is -0.616. The number of unbranched alkanes of at least 4 members (excludes halogenated alkanes) is 2. The zero-order chi connectivity index (χ0) is 20.4. The first-order valence-corrected chi connectivity index (χ1v) is 11.1. The van der Waals surface area contributed by atoms with Gasteiger partial charge in [0.15, 0.2) is 0 Å². The summed E-state index contributed by atoms with van der Waals surface area (Å²) in [5.74, 6) is -0.272. The van der Waals surface area contributed by atoms with Gasteiger partial charge in [0, 0.05) is 0 Å². The molecule has 0 radical (unpaired) electrons. The Kier molecular flexibility index (Phi) is 5.99. The van der Waals surface area contributed by atoms with Gasteiger partial charge in [-0.05, 0) is 90.3 Å². The molecule has 2 aromatic rings. The number of benzene rings is 2. The number of fused-ring (bicyclic) bond motifs is 3. The van der Waals surface area contributed by atoms with E-state index in [1.807, 2.05) is 0 Å². The topological polar surface area (TPSA) is 23.8 Å². The molecule has 0 heterocycles. The molecular formula is C26H29F2N. The molecule has 0 fully saturated rings. The van der Waals surface area contributed by atoms with E-state index >= 15 is 0 Å². The lowest BCUT2D eigenvalue weighted by Gasteiger charge is -2.32. The molecule has 0 aliphatic heterocycles. The standard InChI is InChI=1S/C26H29F2N/c1-2-3-4-5-17-6-10-22-18(12-17)7-8-19-13-20(9-11-23(19)22)24-15-25(27)21(16-29)14-26(24)28/h7-8,14-15,17,20H,2-6,9-13H2,1H3. The molecule has 0 bridgehead atoms. The first-order chi connectivity index (χ1) is 14.1. The van der Waals surface area contributed by atoms with Gasteiger partial charge < -0.3 is 0 Å². The molecule has 2 atom stereocenters. The van der Waals surface area contributed by atoms with Crippen LogP contribution in [-0.2, 0) is 25.7 Å². The Hall–Kier alpha value is -2.21. The Labute approximate surface area is 172 Å². The number of hydrogen-bond donors (Lipinski definition) is 0. The highest BCUT2D eigenvalue weighted by Gasteiger charge is 2.28. The lowest BCUT2D eigenvalue weighted by Crippen LogP contribution is -2.21. The van der Waals surface area contributed by atoms with Gasteiger partial charge >= 0.3 is 0 Å². The van der Waals surface area contributed by atoms with Crippen LogP contribution in [0.1, 0.15) is 84.7 Å². The third-order valence-electron chi connectivity index (χ3n) is 7.01. The molecule has 29 heavy (non-hydrogen) atoms. The summed E-state index contributed by atoms with van der Waals surface area (Å²) in [5, 5.41) is 8.91. The van der Waals surface area contributed by atoms with Crippen LogP contribution in [0.3, 0.4) is 0 Å². The average molecular weight is 394 g/mol. The normalized spacial score (nSPS) is 20.6. The van der Waals surface area contributed by atoms with E-state index in [0.717, 1.165) is 31.2 Å². The lowest BCUT2D eigenvalue weighted by atomic mass is 9.73. The summed E-state index contributed by atoms with van der Waals surface area (Å²) in [6.45, 7) is 2.26. The van der Waals surface area contributed by atoms with Crippen LogP contribution in [0.25, 0.3) is 0 Å². The first kappa shape index (κ1) is 20.1. The van der Waals surface area contributed by atoms with Crippen molar-refractivity contribution >= 4 is 0 Å². The number of nitrogens with zero attached hydrogens (tertiary/aromatic N) is 1. The Balaban J connectivity index is 1.52. The molecule has 2 aliphatic carbocycles. The van der Waals surface area contributed by atoms with Gasteiger partial charge in [-0.3, -0.25) is 0 Å². The van der Waals surface area contributed by atoms with Crippen LogP contribution < -0.4 is 0 Å². The smallest absolute Gasteiger partial charge is 0.141 e. The maximum Gasteiger partial charge on any atom is 0.141 e. The molecule has 0 aromatic heterocycles. The molecule has 0 saturated carbocycles. The minimum Gasteiger partial charge on any atom is -0.207 e. The molecule has 1 nitrogen and oxygen atoms in total. The summed E-state index contributed by atoms with van der Waals surface area (Å²) >= 11 is 0. The minimum absolute atomic E-state index is 0.0202. The molecular weight excluding hydrogens is 364 g/mol. The van der Waals surface area contributed by atoms with Crippen molar-refractivity contribution in [3.8, 4) is 6.07 Å². The summed E-state index contributed by atoms with van der Waals surface area (Å²) in [6.07, 6.45) is 11.5. The fraction of sp³-hybridized carbons (Fsp3) is 0.500. The van der Waals surface area contributed by atoms with Crippen molar-refractivity contribution in [1.29, 1.82) is 5.26 Å². The van der Waals surface area contributed by atoms with Crippen molar-refractivity contribution in [2.75, 3.05) is 0 Å². The highest BCUT2D eigenvalue weighted by Crippen LogP contribution is 2.39. The van der Waals surface area contributed by atoms with Crippen LogP contribution in [-0.4, -0.2) is 0 Å². The lowest BCUT2D eigenvalue weighted by molar-refractivity contribution is 0.405. The Bertz CT molecular complexity index is 941. The monoisotopic (exact) mass is 393 g/mol. The molecule has 2 unspecified atom stereocenters. The molecule has 0 saturated heterocycles. The molecule has 2 aliphatic rings. The maximum atomic E-state index is 14.5. The van der Waals surface area contributed by atoms with Crippen LogP contribution in [0.2, 0.25) is 0 Å². The average Bonchev–Trinajstić information content (AvgIpc) is 2.74. The summed E-state index contributed by atoms with van der Waals surface area (Å²) in [5.41, 5.74) is 6.03. The quantitative estimate of drug-likeness (QED) is 0.513. The summed E-state index contributed by atoms with van der Waals surface area (Å²) < 4.78 is 28.6. The molecule has 152 valence electrons. The zero-order valence-electron chi connectivity index (χ0n) is 17.2. The van der Waals surface area contributed by atoms with E-state index in [0.29, 0.717) is 5.56 Å². The second-order valence-electron chi connectivity index (χ2n) is 8.85. The second-order valence-corrected chi connectivity index (χ2v) is 8.85. The Morgan fingerprint density at radius 2 is 1.69 bits per heavy atom. The van der Waals surface area contributed by atoms with Crippen LogP contribution in [0.5, 0.6) is 0 Å². The Morgan fingerprint density at radius 1 is 0.966 bits per heavy atom. The van der Waals surface area contributed by atoms with Crippen LogP contribution in [0, 0.1) is 28.9 Å². The van der Waals surface area contributed by atoms with E-state index in [9.17, 15) is 8.78 Å².